The number of nitrogens with zero attached hydrogens (tertiary/aromatic N) is 3. The standard InChI is InChI=1S/C28H45N3O4S/c1-8-12-19(6)30(16-10-3)27(35)24-28-14-13-21(36-28)22(25(33)29(7)15-9-2)23(28)26(34)31(24)20(17-32)18(5)11-4/h9-10,18-24,32H,2-3,8,11-17H2,1,4-7H3/t18-,19?,20-,21-,22+,23-,24?,28?/m0/s1. The van der Waals surface area contributed by atoms with Gasteiger partial charge in [0.05, 0.1) is 29.2 Å². The predicted octanol–water partition coefficient (Wildman–Crippen LogP) is 3.33. The minimum absolute atomic E-state index is 0.00355. The fourth-order valence-corrected chi connectivity index (χ4v) is 8.91. The Labute approximate surface area is 221 Å². The third kappa shape index (κ3) is 4.64. The molecule has 7 nitrogen and oxygen atoms in total. The van der Waals surface area contributed by atoms with Gasteiger partial charge in [-0.1, -0.05) is 45.8 Å². The van der Waals surface area contributed by atoms with E-state index < -0.39 is 28.7 Å². The van der Waals surface area contributed by atoms with Crippen LogP contribution in [0.2, 0.25) is 0 Å². The highest BCUT2D eigenvalue weighted by Crippen LogP contribution is 2.67. The Hall–Kier alpha value is -1.80. The predicted molar refractivity (Wildman–Crippen MR) is 145 cm³/mol. The van der Waals surface area contributed by atoms with Crippen molar-refractivity contribution < 1.29 is 19.5 Å². The molecule has 0 aromatic rings. The van der Waals surface area contributed by atoms with Gasteiger partial charge in [-0.05, 0) is 32.1 Å². The van der Waals surface area contributed by atoms with Crippen LogP contribution < -0.4 is 0 Å². The van der Waals surface area contributed by atoms with Crippen molar-refractivity contribution in [2.75, 3.05) is 26.7 Å². The summed E-state index contributed by atoms with van der Waals surface area (Å²) in [5.41, 5.74) is 0. The molecule has 3 aliphatic rings. The molecule has 202 valence electrons. The summed E-state index contributed by atoms with van der Waals surface area (Å²) < 4.78 is -0.652. The summed E-state index contributed by atoms with van der Waals surface area (Å²) >= 11 is 1.68. The van der Waals surface area contributed by atoms with Crippen molar-refractivity contribution in [3.8, 4) is 0 Å². The smallest absolute Gasteiger partial charge is 0.247 e. The minimum Gasteiger partial charge on any atom is -0.394 e. The molecule has 0 radical (unpaired) electrons. The fourth-order valence-electron chi connectivity index (χ4n) is 6.72. The summed E-state index contributed by atoms with van der Waals surface area (Å²) in [6.07, 6.45) is 7.54. The normalized spacial score (nSPS) is 31.1. The first-order valence-electron chi connectivity index (χ1n) is 13.5. The van der Waals surface area contributed by atoms with E-state index in [-0.39, 0.29) is 41.5 Å². The Morgan fingerprint density at radius 3 is 2.44 bits per heavy atom. The number of carbonyl (C=O) groups is 3. The Morgan fingerprint density at radius 1 is 1.22 bits per heavy atom. The van der Waals surface area contributed by atoms with E-state index in [0.29, 0.717) is 13.1 Å². The van der Waals surface area contributed by atoms with Crippen LogP contribution in [-0.4, -0.2) is 92.4 Å². The van der Waals surface area contributed by atoms with Crippen LogP contribution in [0.15, 0.2) is 25.3 Å². The summed E-state index contributed by atoms with van der Waals surface area (Å²) in [6, 6.07) is -1.16. The molecular formula is C28H45N3O4S. The first-order chi connectivity index (χ1) is 17.1. The molecule has 0 aromatic heterocycles. The molecule has 3 amide bonds. The molecule has 36 heavy (non-hydrogen) atoms. The van der Waals surface area contributed by atoms with Gasteiger partial charge in [0.25, 0.3) is 0 Å². The molecule has 3 saturated heterocycles. The second kappa shape index (κ2) is 11.7. The fraction of sp³-hybridized carbons (Fsp3) is 0.750. The van der Waals surface area contributed by atoms with Crippen LogP contribution in [0.5, 0.6) is 0 Å². The van der Waals surface area contributed by atoms with Crippen molar-refractivity contribution in [2.24, 2.45) is 17.8 Å². The first-order valence-corrected chi connectivity index (χ1v) is 14.4. The van der Waals surface area contributed by atoms with Crippen molar-refractivity contribution in [1.82, 2.24) is 14.7 Å². The maximum Gasteiger partial charge on any atom is 0.247 e. The van der Waals surface area contributed by atoms with Crippen LogP contribution in [-0.2, 0) is 14.4 Å². The monoisotopic (exact) mass is 519 g/mol. The second-order valence-corrected chi connectivity index (χ2v) is 12.5. The summed E-state index contributed by atoms with van der Waals surface area (Å²) in [5.74, 6) is -1.26. The van der Waals surface area contributed by atoms with E-state index in [9.17, 15) is 19.5 Å². The molecule has 0 aliphatic carbocycles. The van der Waals surface area contributed by atoms with Gasteiger partial charge in [-0.2, -0.15) is 0 Å². The number of rotatable bonds is 13. The molecular weight excluding hydrogens is 474 g/mol. The van der Waals surface area contributed by atoms with Crippen LogP contribution >= 0.6 is 11.8 Å². The molecule has 3 fully saturated rings. The molecule has 2 bridgehead atoms. The lowest BCUT2D eigenvalue weighted by Gasteiger charge is -2.42. The van der Waals surface area contributed by atoms with Crippen molar-refractivity contribution in [1.29, 1.82) is 0 Å². The molecule has 3 aliphatic heterocycles. The highest BCUT2D eigenvalue weighted by Gasteiger charge is 2.74. The van der Waals surface area contributed by atoms with E-state index in [4.69, 9.17) is 0 Å². The molecule has 3 heterocycles. The number of aliphatic hydroxyl groups excluding tert-OH is 1. The molecule has 3 rings (SSSR count). The zero-order chi connectivity index (χ0) is 26.8. The zero-order valence-corrected chi connectivity index (χ0v) is 23.5. The maximum atomic E-state index is 14.5. The lowest BCUT2D eigenvalue weighted by molar-refractivity contribution is -0.148. The molecule has 0 aromatic carbocycles. The van der Waals surface area contributed by atoms with Crippen LogP contribution in [0.25, 0.3) is 0 Å². The molecule has 1 spiro atoms. The number of carbonyl (C=O) groups excluding carboxylic acids is 3. The van der Waals surface area contributed by atoms with Crippen molar-refractivity contribution in [3.63, 3.8) is 0 Å². The quantitative estimate of drug-likeness (QED) is 0.378. The van der Waals surface area contributed by atoms with Crippen molar-refractivity contribution in [2.45, 2.75) is 87.9 Å². The number of fused-ring (bicyclic) bond motifs is 1. The highest BCUT2D eigenvalue weighted by molar-refractivity contribution is 8.02. The van der Waals surface area contributed by atoms with Gasteiger partial charge in [-0.15, -0.1) is 24.9 Å². The Balaban J connectivity index is 2.12. The van der Waals surface area contributed by atoms with Gasteiger partial charge in [-0.25, -0.2) is 0 Å². The van der Waals surface area contributed by atoms with Crippen LogP contribution in [0, 0.1) is 17.8 Å². The van der Waals surface area contributed by atoms with E-state index >= 15 is 0 Å². The number of thioether (sulfide) groups is 1. The average Bonchev–Trinajstić information content (AvgIpc) is 3.50. The first kappa shape index (κ1) is 28.8. The van der Waals surface area contributed by atoms with E-state index in [1.54, 1.807) is 40.8 Å². The molecule has 1 N–H and O–H groups in total. The number of hydrogen-bond donors (Lipinski definition) is 1. The maximum absolute atomic E-state index is 14.5. The van der Waals surface area contributed by atoms with Crippen LogP contribution in [0.3, 0.4) is 0 Å². The topological polar surface area (TPSA) is 81.2 Å². The Bertz CT molecular complexity index is 866. The van der Waals surface area contributed by atoms with Gasteiger partial charge in [-0.3, -0.25) is 14.4 Å². The zero-order valence-electron chi connectivity index (χ0n) is 22.7. The van der Waals surface area contributed by atoms with Crippen molar-refractivity contribution >= 4 is 29.5 Å². The lowest BCUT2D eigenvalue weighted by atomic mass is 9.70. The van der Waals surface area contributed by atoms with E-state index in [1.807, 2.05) is 18.7 Å². The van der Waals surface area contributed by atoms with Gasteiger partial charge in [0.1, 0.15) is 6.04 Å². The number of hydrogen-bond acceptors (Lipinski definition) is 5. The third-order valence-electron chi connectivity index (χ3n) is 8.73. The van der Waals surface area contributed by atoms with Gasteiger partial charge < -0.3 is 19.8 Å². The van der Waals surface area contributed by atoms with E-state index in [1.165, 1.54) is 0 Å². The number of amides is 3. The largest absolute Gasteiger partial charge is 0.394 e. The average molecular weight is 520 g/mol. The van der Waals surface area contributed by atoms with Gasteiger partial charge >= 0.3 is 0 Å². The molecule has 3 unspecified atom stereocenters. The SMILES string of the molecule is C=CCN(C)C(=O)[C@@H]1[C@@H]2CCC3(S2)C(C(=O)N(CC=C)C(C)CCC)N([C@@H](CO)[C@@H](C)CC)C(=O)[C@H]13. The number of aliphatic hydroxyl groups is 1. The summed E-state index contributed by atoms with van der Waals surface area (Å²) in [5, 5.41) is 10.5. The van der Waals surface area contributed by atoms with Crippen LogP contribution in [0.1, 0.15) is 59.8 Å². The summed E-state index contributed by atoms with van der Waals surface area (Å²) in [6.45, 7) is 16.5. The Morgan fingerprint density at radius 2 is 1.89 bits per heavy atom. The Kier molecular flexibility index (Phi) is 9.36. The van der Waals surface area contributed by atoms with Gasteiger partial charge in [0.2, 0.25) is 17.7 Å². The van der Waals surface area contributed by atoms with Crippen molar-refractivity contribution in [3.05, 3.63) is 25.3 Å². The highest BCUT2D eigenvalue weighted by atomic mass is 32.2. The third-order valence-corrected chi connectivity index (χ3v) is 10.7. The minimum atomic E-state index is -0.696. The second-order valence-electron chi connectivity index (χ2n) is 10.9. The number of likely N-dealkylation sites (N-methyl/N-ethyl adjacent to an activating group) is 1. The molecule has 8 heteroatoms. The summed E-state index contributed by atoms with van der Waals surface area (Å²) in [7, 11) is 1.75. The van der Waals surface area contributed by atoms with E-state index in [0.717, 1.165) is 32.1 Å². The van der Waals surface area contributed by atoms with E-state index in [2.05, 4.69) is 27.0 Å². The molecule has 0 saturated carbocycles. The van der Waals surface area contributed by atoms with Gasteiger partial charge in [0.15, 0.2) is 0 Å². The van der Waals surface area contributed by atoms with Crippen LogP contribution in [0.4, 0.5) is 0 Å². The summed E-state index contributed by atoms with van der Waals surface area (Å²) in [4.78, 5) is 47.6. The lowest BCUT2D eigenvalue weighted by Crippen LogP contribution is -2.59. The number of likely N-dealkylation sites (tertiary alicyclic amines) is 1. The molecule has 8 atom stereocenters. The van der Waals surface area contributed by atoms with Gasteiger partial charge in [0, 0.05) is 31.4 Å².